The molecule has 6 aromatic heterocycles. The summed E-state index contributed by atoms with van der Waals surface area (Å²) in [6.07, 6.45) is 2.09. The molecule has 6 heterocycles. The van der Waals surface area contributed by atoms with Gasteiger partial charge in [-0.15, -0.1) is 30.6 Å². The topological polar surface area (TPSA) is 380 Å². The molecule has 0 bridgehead atoms. The van der Waals surface area contributed by atoms with Crippen molar-refractivity contribution in [3.05, 3.63) is 435 Å². The highest BCUT2D eigenvalue weighted by Gasteiger charge is 2.39. The molecule has 11 aromatic carbocycles. The molecule has 39 heteroatoms. The Kier molecular flexibility index (Phi) is 36.6. The fourth-order valence-corrected chi connectivity index (χ4v) is 16.0. The van der Waals surface area contributed by atoms with E-state index in [1.165, 1.54) is 6.20 Å². The van der Waals surface area contributed by atoms with Gasteiger partial charge in [-0.1, -0.05) is 186 Å². The van der Waals surface area contributed by atoms with Crippen molar-refractivity contribution in [1.29, 1.82) is 26.3 Å². The average molecular weight is 2180 g/mol. The summed E-state index contributed by atoms with van der Waals surface area (Å²) >= 11 is 23.2. The first-order valence-electron chi connectivity index (χ1n) is 44.0. The summed E-state index contributed by atoms with van der Waals surface area (Å²) in [5.74, 6) is -4.14. The van der Waals surface area contributed by atoms with E-state index in [9.17, 15) is 46.0 Å². The Balaban J connectivity index is 0.000000171. The second kappa shape index (κ2) is 50.2. The van der Waals surface area contributed by atoms with Gasteiger partial charge in [-0.05, 0) is 186 Å². The first-order valence-corrected chi connectivity index (χ1v) is 47.1. The number of rotatable bonds is 28. The normalized spacial score (nSPS) is 10.9. The van der Waals surface area contributed by atoms with Crippen molar-refractivity contribution < 1.29 is 69.7 Å². The Morgan fingerprint density at radius 2 is 0.766 bits per heavy atom. The minimum atomic E-state index is -5.08. The summed E-state index contributed by atoms with van der Waals surface area (Å²) in [6.45, 7) is 4.77. The van der Waals surface area contributed by atoms with Crippen molar-refractivity contribution in [1.82, 2.24) is 69.0 Å². The molecule has 0 aliphatic carbocycles. The summed E-state index contributed by atoms with van der Waals surface area (Å²) in [6, 6.07) is 94.9. The smallest absolute Gasteiger partial charge is 0.475 e. The van der Waals surface area contributed by atoms with E-state index >= 15 is 0 Å². The van der Waals surface area contributed by atoms with Crippen LogP contribution in [0.4, 0.5) is 26.3 Å². The number of aliphatic carboxylic acids is 2. The number of alkyl halides is 6. The van der Waals surface area contributed by atoms with E-state index in [1.54, 1.807) is 102 Å². The number of hydrogen-bond acceptors (Lipinski definition) is 18. The second-order valence-electron chi connectivity index (χ2n) is 32.4. The minimum absolute atomic E-state index is 0.0885. The largest absolute Gasteiger partial charge is 0.490 e. The molecule has 0 aliphatic rings. The Bertz CT molecular complexity index is 7670. The molecule has 0 saturated heterocycles. The molecule has 3 amide bonds. The van der Waals surface area contributed by atoms with Crippen LogP contribution in [0.15, 0.2) is 318 Å². The zero-order chi connectivity index (χ0) is 103. The van der Waals surface area contributed by atoms with Crippen LogP contribution in [0.3, 0.4) is 0 Å². The van der Waals surface area contributed by atoms with E-state index in [0.717, 1.165) is 79.7 Å². The number of benzene rings is 11. The number of carbonyl (C=O) groups is 5. The number of hydrogen-bond donors (Lipinski definition) is 2. The number of para-hydroxylation sites is 2. The number of carboxylic acid groups (broad SMARTS) is 2. The van der Waals surface area contributed by atoms with Gasteiger partial charge in [0.15, 0.2) is 42.5 Å². The maximum atomic E-state index is 14.3. The van der Waals surface area contributed by atoms with E-state index in [0.29, 0.717) is 155 Å². The SMILES string of the molecule is N#Cc1ccc(Cn2cnnc2CN(CCc2ccc(Br)cc2)C(=O)c2c(Cl)ccc3cc(Cl)cnc23)cc1.N#Cc1ccc(Cn2cnnc2CN(CCc2ccc(Br)cc2)C(=O)c2c[n+](Cc3ccc(C#N)cc3)c3ccccc3n2)cc1.N#Cc1ccc(Cn2cnnc2CN(CCc2ccc(Br)cc2)C(=O)c2ccc3c(ccc[n+]3Cc3ccc(C#N)cc3)c2)cc1.O=C(O)C(F)(F)F.O=C(O)C(F)(F)F. The number of aromatic nitrogens is 13. The van der Waals surface area contributed by atoms with Gasteiger partial charge in [0.25, 0.3) is 17.7 Å². The Morgan fingerprint density at radius 3 is 1.16 bits per heavy atom. The monoisotopic (exact) mass is 2180 g/mol. The number of fused-ring (bicyclic) bond motifs is 3. The number of nitriles is 5. The van der Waals surface area contributed by atoms with Crippen molar-refractivity contribution in [3.8, 4) is 30.3 Å². The van der Waals surface area contributed by atoms with Crippen LogP contribution in [0.2, 0.25) is 10.0 Å². The third kappa shape index (κ3) is 30.0. The van der Waals surface area contributed by atoms with Gasteiger partial charge in [0.2, 0.25) is 17.2 Å². The molecule has 17 aromatic rings. The van der Waals surface area contributed by atoms with Crippen LogP contribution in [-0.4, -0.2) is 141 Å². The molecule has 0 aliphatic heterocycles. The minimum Gasteiger partial charge on any atom is -0.475 e. The molecular formula is C106H80Br3Cl2F6N21O7+2. The summed E-state index contributed by atoms with van der Waals surface area (Å²) in [5, 5.41) is 88.0. The molecule has 0 spiro atoms. The van der Waals surface area contributed by atoms with E-state index < -0.39 is 24.3 Å². The third-order valence-electron chi connectivity index (χ3n) is 22.4. The van der Waals surface area contributed by atoms with Crippen molar-refractivity contribution in [2.24, 2.45) is 0 Å². The van der Waals surface area contributed by atoms with Crippen LogP contribution in [0.5, 0.6) is 0 Å². The lowest BCUT2D eigenvalue weighted by molar-refractivity contribution is -0.662. The molecule has 2 N–H and O–H groups in total. The van der Waals surface area contributed by atoms with E-state index in [2.05, 4.69) is 130 Å². The first kappa shape index (κ1) is 106. The average Bonchev–Trinajstić information content (AvgIpc) is 1.48. The van der Waals surface area contributed by atoms with Crippen LogP contribution >= 0.6 is 71.0 Å². The molecule has 0 atom stereocenters. The van der Waals surface area contributed by atoms with Crippen LogP contribution in [0.25, 0.3) is 32.8 Å². The van der Waals surface area contributed by atoms with Crippen molar-refractivity contribution >= 4 is 133 Å². The number of carboxylic acids is 2. The van der Waals surface area contributed by atoms with Gasteiger partial charge in [-0.3, -0.25) is 19.4 Å². The Labute approximate surface area is 860 Å². The zero-order valence-corrected chi connectivity index (χ0v) is 82.5. The number of carbonyl (C=O) groups excluding carboxylic acids is 3. The number of halogens is 11. The number of pyridine rings is 2. The molecule has 0 unspecified atom stereocenters. The van der Waals surface area contributed by atoms with Crippen molar-refractivity contribution in [2.45, 2.75) is 84.0 Å². The van der Waals surface area contributed by atoms with E-state index in [4.69, 9.17) is 69.0 Å². The number of nitrogens with zero attached hydrogens (tertiary/aromatic N) is 21. The molecule has 0 fully saturated rings. The summed E-state index contributed by atoms with van der Waals surface area (Å²) in [5.41, 5.74) is 15.7. The highest BCUT2D eigenvalue weighted by Crippen LogP contribution is 2.31. The molecular weight excluding hydrogens is 2100 g/mol. The van der Waals surface area contributed by atoms with Crippen LogP contribution in [0.1, 0.15) is 121 Å². The van der Waals surface area contributed by atoms with Gasteiger partial charge in [-0.2, -0.15) is 61.8 Å². The van der Waals surface area contributed by atoms with Gasteiger partial charge in [0, 0.05) is 84.9 Å². The predicted octanol–water partition coefficient (Wildman–Crippen LogP) is 19.8. The Hall–Kier alpha value is -16.6. The number of amides is 3. The lowest BCUT2D eigenvalue weighted by Gasteiger charge is -2.24. The first-order chi connectivity index (χ1) is 69.8. The molecule has 28 nitrogen and oxygen atoms in total. The van der Waals surface area contributed by atoms with Gasteiger partial charge in [-0.25, -0.2) is 14.6 Å². The maximum absolute atomic E-state index is 14.3. The molecule has 0 saturated carbocycles. The predicted molar refractivity (Wildman–Crippen MR) is 534 cm³/mol. The fourth-order valence-electron chi connectivity index (χ4n) is 14.8. The maximum Gasteiger partial charge on any atom is 0.490 e. The van der Waals surface area contributed by atoms with Gasteiger partial charge in [0.1, 0.15) is 24.5 Å². The lowest BCUT2D eigenvalue weighted by atomic mass is 10.1. The zero-order valence-electron chi connectivity index (χ0n) is 76.3. The highest BCUT2D eigenvalue weighted by atomic mass is 79.9. The summed E-state index contributed by atoms with van der Waals surface area (Å²) < 4.78 is 76.4. The van der Waals surface area contributed by atoms with Crippen molar-refractivity contribution in [3.63, 3.8) is 0 Å². The molecule has 17 rings (SSSR count). The van der Waals surface area contributed by atoms with Crippen molar-refractivity contribution in [2.75, 3.05) is 19.6 Å². The van der Waals surface area contributed by atoms with E-state index in [-0.39, 0.29) is 37.4 Å². The van der Waals surface area contributed by atoms with Gasteiger partial charge >= 0.3 is 24.3 Å². The Morgan fingerprint density at radius 1 is 0.400 bits per heavy atom. The van der Waals surface area contributed by atoms with Gasteiger partial charge < -0.3 is 38.6 Å². The quantitative estimate of drug-likeness (QED) is 0.0340. The van der Waals surface area contributed by atoms with Crippen LogP contribution in [-0.2, 0) is 81.2 Å². The fraction of sp³-hybridized carbons (Fsp3) is 0.151. The highest BCUT2D eigenvalue weighted by molar-refractivity contribution is 9.11. The second-order valence-corrected chi connectivity index (χ2v) is 36.0. The summed E-state index contributed by atoms with van der Waals surface area (Å²) in [4.78, 5) is 74.9. The molecule has 145 heavy (non-hydrogen) atoms. The molecule has 0 radical (unpaired) electrons. The van der Waals surface area contributed by atoms with Gasteiger partial charge in [0.05, 0.1) is 119 Å². The standard InChI is InChI=1S/C37H29BrN7O.C36H28BrN8O.C29H21BrCl2N6O.2C2HF3O2/c38-34-14-11-27(12-15-34)17-19-44(25-36-42-41-26-45(36)24-31-9-5-29(22-40)6-10-31)37(46)33-13-16-35-32(20-33)2-1-18-43(35)23-30-7-3-28(21-39)4-8-30;37-31-15-13-26(14-16-31)17-18-43(24-35-42-40-25-45(35)22-30-11-7-28(20-39)8-12-30)36(46)33-23-44(34-4-2-1-3-32(34)41-33)21-29-9-5-27(19-38)6-10-29;30-23-8-5-19(6-9-23)11-12-37(29(39)27-25(32)10-7-22-13-24(31)15-34-28(22)27)17-26-36-35-18-38(26)16-21-3-1-20(14-33)2-4-21;2*3-2(4,5)1(6)7/h1-16,18,20,26H,17,19,23-25H2;1-16,23,25H,17-18,21-22,24H2;1-10,13,15,18H,11-12,16-17H2;2*(H,6,7)/q2*+1;;;. The molecule has 726 valence electrons. The van der Waals surface area contributed by atoms with Crippen LogP contribution < -0.4 is 9.13 Å². The lowest BCUT2D eigenvalue weighted by Crippen LogP contribution is -2.40. The van der Waals surface area contributed by atoms with Crippen LogP contribution in [0, 0.1) is 56.7 Å². The van der Waals surface area contributed by atoms with E-state index in [1.807, 2.05) is 217 Å². The third-order valence-corrected chi connectivity index (χ3v) is 24.5. The summed E-state index contributed by atoms with van der Waals surface area (Å²) in [7, 11) is 0.